The number of ether oxygens (including phenoxy) is 2. The van der Waals surface area contributed by atoms with Crippen molar-refractivity contribution in [3.8, 4) is 0 Å². The number of furan rings is 1. The Morgan fingerprint density at radius 1 is 1.50 bits per heavy atom. The molecule has 16 heavy (non-hydrogen) atoms. The van der Waals surface area contributed by atoms with Gasteiger partial charge in [0.1, 0.15) is 17.6 Å². The molecule has 1 aromatic rings. The summed E-state index contributed by atoms with van der Waals surface area (Å²) in [6.45, 7) is 3.78. The van der Waals surface area contributed by atoms with Crippen LogP contribution in [0.1, 0.15) is 44.3 Å². The van der Waals surface area contributed by atoms with Crippen molar-refractivity contribution in [1.82, 2.24) is 0 Å². The van der Waals surface area contributed by atoms with Gasteiger partial charge in [-0.05, 0) is 26.0 Å². The van der Waals surface area contributed by atoms with E-state index >= 15 is 0 Å². The van der Waals surface area contributed by atoms with E-state index in [1.807, 2.05) is 26.0 Å². The molecule has 0 aromatic carbocycles. The van der Waals surface area contributed by atoms with Crippen LogP contribution in [0, 0.1) is 0 Å². The summed E-state index contributed by atoms with van der Waals surface area (Å²) >= 11 is 0. The molecule has 0 radical (unpaired) electrons. The average Bonchev–Trinajstić information content (AvgIpc) is 2.85. The fourth-order valence-electron chi connectivity index (χ4n) is 1.84. The molecule has 4 heteroatoms. The second-order valence-electron chi connectivity index (χ2n) is 4.28. The first-order chi connectivity index (χ1) is 7.55. The van der Waals surface area contributed by atoms with E-state index in [1.54, 1.807) is 7.11 Å². The molecule has 0 bridgehead atoms. The van der Waals surface area contributed by atoms with E-state index in [0.29, 0.717) is 18.6 Å². The smallest absolute Gasteiger partial charge is 0.306 e. The molecule has 1 aliphatic heterocycles. The molecule has 2 heterocycles. The zero-order chi connectivity index (χ0) is 11.8. The summed E-state index contributed by atoms with van der Waals surface area (Å²) in [5.41, 5.74) is -0.608. The lowest BCUT2D eigenvalue weighted by Crippen LogP contribution is -2.19. The molecule has 1 saturated heterocycles. The molecule has 88 valence electrons. The first-order valence-corrected chi connectivity index (χ1v) is 5.40. The standard InChI is InChI=1S/C12H16O4/c1-8(14-3)9-4-5-10(15-9)12(2)7-6-11(13)16-12/h4-5,8H,6-7H2,1-3H3/t8-,12+/m1/s1. The van der Waals surface area contributed by atoms with Crippen LogP contribution in [0.3, 0.4) is 0 Å². The SMILES string of the molecule is CO[C@H](C)c1ccc([C@]2(C)CCC(=O)O2)o1. The Balaban J connectivity index is 2.21. The lowest BCUT2D eigenvalue weighted by Gasteiger charge is -2.19. The van der Waals surface area contributed by atoms with Gasteiger partial charge in [-0.25, -0.2) is 0 Å². The number of hydrogen-bond donors (Lipinski definition) is 0. The zero-order valence-corrected chi connectivity index (χ0v) is 9.78. The predicted molar refractivity (Wildman–Crippen MR) is 56.8 cm³/mol. The van der Waals surface area contributed by atoms with Gasteiger partial charge in [-0.3, -0.25) is 4.79 Å². The first kappa shape index (κ1) is 11.2. The molecule has 0 saturated carbocycles. The minimum Gasteiger partial charge on any atom is -0.459 e. The van der Waals surface area contributed by atoms with Gasteiger partial charge in [-0.1, -0.05) is 0 Å². The maximum Gasteiger partial charge on any atom is 0.306 e. The number of methoxy groups -OCH3 is 1. The Morgan fingerprint density at radius 3 is 2.81 bits per heavy atom. The third-order valence-corrected chi connectivity index (χ3v) is 3.05. The highest BCUT2D eigenvalue weighted by Gasteiger charge is 2.40. The van der Waals surface area contributed by atoms with Crippen LogP contribution in [-0.4, -0.2) is 13.1 Å². The number of carbonyl (C=O) groups is 1. The molecule has 1 aliphatic rings. The Labute approximate surface area is 94.5 Å². The molecule has 0 amide bonds. The van der Waals surface area contributed by atoms with Crippen molar-refractivity contribution < 1.29 is 18.7 Å². The molecular formula is C12H16O4. The normalized spacial score (nSPS) is 26.8. The average molecular weight is 224 g/mol. The molecule has 4 nitrogen and oxygen atoms in total. The molecule has 2 rings (SSSR count). The quantitative estimate of drug-likeness (QED) is 0.740. The van der Waals surface area contributed by atoms with Gasteiger partial charge in [0.25, 0.3) is 0 Å². The highest BCUT2D eigenvalue weighted by atomic mass is 16.6. The van der Waals surface area contributed by atoms with Gasteiger partial charge in [-0.15, -0.1) is 0 Å². The minimum absolute atomic E-state index is 0.0885. The summed E-state index contributed by atoms with van der Waals surface area (Å²) in [6.07, 6.45) is 1.03. The van der Waals surface area contributed by atoms with Crippen molar-refractivity contribution in [2.75, 3.05) is 7.11 Å². The lowest BCUT2D eigenvalue weighted by molar-refractivity contribution is -0.149. The molecule has 0 N–H and O–H groups in total. The van der Waals surface area contributed by atoms with E-state index in [-0.39, 0.29) is 12.1 Å². The van der Waals surface area contributed by atoms with Crippen LogP contribution in [-0.2, 0) is 19.9 Å². The predicted octanol–water partition coefficient (Wildman–Crippen LogP) is 2.54. The van der Waals surface area contributed by atoms with Crippen molar-refractivity contribution in [3.63, 3.8) is 0 Å². The van der Waals surface area contributed by atoms with E-state index in [4.69, 9.17) is 13.9 Å². The second-order valence-corrected chi connectivity index (χ2v) is 4.28. The van der Waals surface area contributed by atoms with Crippen LogP contribution in [0.4, 0.5) is 0 Å². The third kappa shape index (κ3) is 1.85. The van der Waals surface area contributed by atoms with Crippen molar-refractivity contribution in [2.45, 2.75) is 38.4 Å². The maximum atomic E-state index is 11.1. The van der Waals surface area contributed by atoms with Gasteiger partial charge in [0.2, 0.25) is 0 Å². The topological polar surface area (TPSA) is 48.7 Å². The molecule has 1 aromatic heterocycles. The van der Waals surface area contributed by atoms with Crippen molar-refractivity contribution >= 4 is 5.97 Å². The number of carbonyl (C=O) groups excluding carboxylic acids is 1. The van der Waals surface area contributed by atoms with Crippen LogP contribution >= 0.6 is 0 Å². The van der Waals surface area contributed by atoms with Gasteiger partial charge in [-0.2, -0.15) is 0 Å². The Morgan fingerprint density at radius 2 is 2.25 bits per heavy atom. The van der Waals surface area contributed by atoms with Gasteiger partial charge >= 0.3 is 5.97 Å². The van der Waals surface area contributed by atoms with Crippen LogP contribution in [0.2, 0.25) is 0 Å². The van der Waals surface area contributed by atoms with Crippen molar-refractivity contribution in [2.24, 2.45) is 0 Å². The lowest BCUT2D eigenvalue weighted by atomic mass is 10.00. The maximum absolute atomic E-state index is 11.1. The van der Waals surface area contributed by atoms with E-state index in [1.165, 1.54) is 0 Å². The summed E-state index contributed by atoms with van der Waals surface area (Å²) in [4.78, 5) is 11.1. The van der Waals surface area contributed by atoms with Crippen LogP contribution in [0.15, 0.2) is 16.5 Å². The fraction of sp³-hybridized carbons (Fsp3) is 0.583. The molecule has 0 aliphatic carbocycles. The van der Waals surface area contributed by atoms with Gasteiger partial charge in [0.05, 0.1) is 0 Å². The molecule has 0 spiro atoms. The monoisotopic (exact) mass is 224 g/mol. The largest absolute Gasteiger partial charge is 0.459 e. The van der Waals surface area contributed by atoms with Gasteiger partial charge in [0, 0.05) is 20.0 Å². The Kier molecular flexibility index (Phi) is 2.76. The zero-order valence-electron chi connectivity index (χ0n) is 9.78. The van der Waals surface area contributed by atoms with Crippen LogP contribution in [0.25, 0.3) is 0 Å². The van der Waals surface area contributed by atoms with Crippen LogP contribution < -0.4 is 0 Å². The van der Waals surface area contributed by atoms with E-state index in [2.05, 4.69) is 0 Å². The Hall–Kier alpha value is -1.29. The van der Waals surface area contributed by atoms with E-state index in [0.717, 1.165) is 5.76 Å². The molecular weight excluding hydrogens is 208 g/mol. The van der Waals surface area contributed by atoms with Crippen molar-refractivity contribution in [3.05, 3.63) is 23.7 Å². The third-order valence-electron chi connectivity index (χ3n) is 3.05. The number of cyclic esters (lactones) is 1. The Bertz CT molecular complexity index is 395. The van der Waals surface area contributed by atoms with Crippen LogP contribution in [0.5, 0.6) is 0 Å². The van der Waals surface area contributed by atoms with E-state index in [9.17, 15) is 4.79 Å². The summed E-state index contributed by atoms with van der Waals surface area (Å²) in [5, 5.41) is 0. The summed E-state index contributed by atoms with van der Waals surface area (Å²) in [6, 6.07) is 3.71. The second kappa shape index (κ2) is 3.94. The fourth-order valence-corrected chi connectivity index (χ4v) is 1.84. The summed E-state index contributed by atoms with van der Waals surface area (Å²) in [7, 11) is 1.63. The highest BCUT2D eigenvalue weighted by Crippen LogP contribution is 2.38. The van der Waals surface area contributed by atoms with Gasteiger partial charge in [0.15, 0.2) is 5.60 Å². The number of esters is 1. The molecule has 2 atom stereocenters. The minimum atomic E-state index is -0.608. The molecule has 0 unspecified atom stereocenters. The summed E-state index contributed by atoms with van der Waals surface area (Å²) in [5.74, 6) is 1.28. The van der Waals surface area contributed by atoms with Gasteiger partial charge < -0.3 is 13.9 Å². The summed E-state index contributed by atoms with van der Waals surface area (Å²) < 4.78 is 16.1. The van der Waals surface area contributed by atoms with Crippen molar-refractivity contribution in [1.29, 1.82) is 0 Å². The number of rotatable bonds is 3. The molecule has 1 fully saturated rings. The first-order valence-electron chi connectivity index (χ1n) is 5.40. The number of hydrogen-bond acceptors (Lipinski definition) is 4. The van der Waals surface area contributed by atoms with E-state index < -0.39 is 5.60 Å². The highest BCUT2D eigenvalue weighted by molar-refractivity contribution is 5.72.